The lowest BCUT2D eigenvalue weighted by molar-refractivity contribution is 0.262. The number of amides is 2. The van der Waals surface area contributed by atoms with Gasteiger partial charge in [0.25, 0.3) is 0 Å². The maximum absolute atomic E-state index is 12.2. The van der Waals surface area contributed by atoms with E-state index in [0.29, 0.717) is 0 Å². The summed E-state index contributed by atoms with van der Waals surface area (Å²) in [5, 5.41) is 14.6. The monoisotopic (exact) mass is 401 g/mol. The third kappa shape index (κ3) is 5.14. The normalized spacial score (nSPS) is 14.1. The third-order valence-electron chi connectivity index (χ3n) is 5.29. The Bertz CT molecular complexity index is 977. The maximum Gasteiger partial charge on any atom is 0.323 e. The van der Waals surface area contributed by atoms with Gasteiger partial charge in [-0.15, -0.1) is 10.2 Å². The molecule has 4 rings (SSSR count). The van der Waals surface area contributed by atoms with E-state index in [-0.39, 0.29) is 6.03 Å². The molecule has 0 bridgehead atoms. The van der Waals surface area contributed by atoms with Crippen LogP contribution in [-0.2, 0) is 0 Å². The molecule has 1 fully saturated rings. The van der Waals surface area contributed by atoms with Crippen molar-refractivity contribution in [3.63, 3.8) is 0 Å². The molecule has 0 radical (unpaired) electrons. The summed E-state index contributed by atoms with van der Waals surface area (Å²) in [4.78, 5) is 14.5. The topological polar surface area (TPSA) is 70.2 Å². The number of nitrogens with one attached hydrogen (secondary N) is 2. The number of urea groups is 1. The van der Waals surface area contributed by atoms with Gasteiger partial charge in [0.15, 0.2) is 5.82 Å². The molecular weight excluding hydrogens is 374 g/mol. The summed E-state index contributed by atoms with van der Waals surface area (Å²) in [5.41, 5.74) is 4.38. The smallest absolute Gasteiger partial charge is 0.323 e. The molecule has 2 N–H and O–H groups in total. The molecule has 2 amide bonds. The molecule has 6 heteroatoms. The Balaban J connectivity index is 1.37. The van der Waals surface area contributed by atoms with E-state index in [9.17, 15) is 4.79 Å². The summed E-state index contributed by atoms with van der Waals surface area (Å²) in [6.45, 7) is 4.10. The van der Waals surface area contributed by atoms with Crippen molar-refractivity contribution < 1.29 is 4.79 Å². The number of rotatable bonds is 4. The van der Waals surface area contributed by atoms with Crippen LogP contribution in [0.5, 0.6) is 0 Å². The highest BCUT2D eigenvalue weighted by atomic mass is 16.2. The van der Waals surface area contributed by atoms with E-state index in [0.717, 1.165) is 47.1 Å². The van der Waals surface area contributed by atoms with E-state index >= 15 is 0 Å². The summed E-state index contributed by atoms with van der Waals surface area (Å²) < 4.78 is 0. The highest BCUT2D eigenvalue weighted by molar-refractivity contribution is 5.99. The van der Waals surface area contributed by atoms with Gasteiger partial charge in [-0.05, 0) is 61.7 Å². The van der Waals surface area contributed by atoms with Crippen molar-refractivity contribution in [2.75, 3.05) is 28.6 Å². The predicted molar refractivity (Wildman–Crippen MR) is 122 cm³/mol. The Morgan fingerprint density at radius 1 is 0.833 bits per heavy atom. The Morgan fingerprint density at radius 2 is 1.57 bits per heavy atom. The molecule has 2 heterocycles. The first-order chi connectivity index (χ1) is 14.7. The molecule has 2 aromatic carbocycles. The van der Waals surface area contributed by atoms with Gasteiger partial charge in [-0.2, -0.15) is 0 Å². The zero-order valence-corrected chi connectivity index (χ0v) is 17.3. The molecule has 1 aliphatic heterocycles. The Kier molecular flexibility index (Phi) is 6.23. The molecule has 0 unspecified atom stereocenters. The van der Waals surface area contributed by atoms with Crippen LogP contribution < -0.4 is 15.5 Å². The largest absolute Gasteiger partial charge is 0.355 e. The van der Waals surface area contributed by atoms with Gasteiger partial charge in [0.1, 0.15) is 0 Å². The molecule has 1 aliphatic rings. The van der Waals surface area contributed by atoms with Crippen molar-refractivity contribution in [1.29, 1.82) is 0 Å². The fourth-order valence-corrected chi connectivity index (χ4v) is 3.69. The minimum atomic E-state index is -0.269. The number of carbonyl (C=O) groups excluding carboxylic acids is 1. The molecule has 6 nitrogen and oxygen atoms in total. The van der Waals surface area contributed by atoms with Gasteiger partial charge < -0.3 is 15.5 Å². The van der Waals surface area contributed by atoms with Gasteiger partial charge >= 0.3 is 6.03 Å². The average Bonchev–Trinajstić information content (AvgIpc) is 3.04. The van der Waals surface area contributed by atoms with Crippen LogP contribution in [0.15, 0.2) is 60.7 Å². The van der Waals surface area contributed by atoms with Crippen LogP contribution in [-0.4, -0.2) is 29.3 Å². The average molecular weight is 402 g/mol. The summed E-state index contributed by atoms with van der Waals surface area (Å²) in [6.07, 6.45) is 5.03. The van der Waals surface area contributed by atoms with Gasteiger partial charge in [0.05, 0.1) is 5.69 Å². The molecular formula is C24H27N5O. The number of carbonyl (C=O) groups is 1. The van der Waals surface area contributed by atoms with Crippen molar-refractivity contribution in [3.8, 4) is 11.3 Å². The first-order valence-corrected chi connectivity index (χ1v) is 10.5. The van der Waals surface area contributed by atoms with Crippen molar-refractivity contribution in [2.45, 2.75) is 32.6 Å². The van der Waals surface area contributed by atoms with Crippen LogP contribution in [0, 0.1) is 6.92 Å². The summed E-state index contributed by atoms with van der Waals surface area (Å²) in [5.74, 6) is 0.951. The lowest BCUT2D eigenvalue weighted by atomic mass is 10.1. The number of hydrogen-bond acceptors (Lipinski definition) is 4. The lowest BCUT2D eigenvalue weighted by Gasteiger charge is -2.20. The molecule has 3 aromatic rings. The van der Waals surface area contributed by atoms with Gasteiger partial charge in [0.2, 0.25) is 0 Å². The molecule has 30 heavy (non-hydrogen) atoms. The standard InChI is InChI=1S/C24H27N5O/c1-18-7-6-8-21(17-18)26-24(30)25-20-11-9-19(10-12-20)22-13-14-23(28-27-22)29-15-4-2-3-5-16-29/h6-14,17H,2-5,15-16H2,1H3,(H2,25,26,30). The van der Waals surface area contributed by atoms with Gasteiger partial charge in [-0.3, -0.25) is 0 Å². The number of nitrogens with zero attached hydrogens (tertiary/aromatic N) is 3. The molecule has 1 saturated heterocycles. The zero-order chi connectivity index (χ0) is 20.8. The quantitative estimate of drug-likeness (QED) is 0.608. The number of aryl methyl sites for hydroxylation is 1. The van der Waals surface area contributed by atoms with E-state index < -0.39 is 0 Å². The molecule has 0 saturated carbocycles. The van der Waals surface area contributed by atoms with Crippen molar-refractivity contribution in [1.82, 2.24) is 10.2 Å². The third-order valence-corrected chi connectivity index (χ3v) is 5.29. The lowest BCUT2D eigenvalue weighted by Crippen LogP contribution is -2.25. The van der Waals surface area contributed by atoms with Crippen LogP contribution in [0.1, 0.15) is 31.2 Å². The van der Waals surface area contributed by atoms with Crippen molar-refractivity contribution in [3.05, 3.63) is 66.2 Å². The molecule has 0 aliphatic carbocycles. The summed E-state index contributed by atoms with van der Waals surface area (Å²) >= 11 is 0. The van der Waals surface area contributed by atoms with Crippen LogP contribution in [0.3, 0.4) is 0 Å². The fourth-order valence-electron chi connectivity index (χ4n) is 3.69. The SMILES string of the molecule is Cc1cccc(NC(=O)Nc2ccc(-c3ccc(N4CCCCCC4)nn3)cc2)c1. The summed E-state index contributed by atoms with van der Waals surface area (Å²) in [7, 11) is 0. The number of aromatic nitrogens is 2. The van der Waals surface area contributed by atoms with Crippen molar-refractivity contribution in [2.24, 2.45) is 0 Å². The Hall–Kier alpha value is -3.41. The second-order valence-corrected chi connectivity index (χ2v) is 7.70. The maximum atomic E-state index is 12.2. The first kappa shape index (κ1) is 19.9. The van der Waals surface area contributed by atoms with E-state index in [1.165, 1.54) is 25.7 Å². The number of benzene rings is 2. The van der Waals surface area contributed by atoms with Gasteiger partial charge in [-0.25, -0.2) is 4.79 Å². The van der Waals surface area contributed by atoms with E-state index in [1.807, 2.05) is 61.5 Å². The first-order valence-electron chi connectivity index (χ1n) is 10.5. The van der Waals surface area contributed by atoms with Crippen LogP contribution in [0.4, 0.5) is 22.0 Å². The minimum Gasteiger partial charge on any atom is -0.355 e. The Labute approximate surface area is 177 Å². The van der Waals surface area contributed by atoms with Crippen LogP contribution >= 0.6 is 0 Å². The second-order valence-electron chi connectivity index (χ2n) is 7.70. The zero-order valence-electron chi connectivity index (χ0n) is 17.3. The molecule has 154 valence electrons. The van der Waals surface area contributed by atoms with Gasteiger partial charge in [0, 0.05) is 30.0 Å². The van der Waals surface area contributed by atoms with Crippen LogP contribution in [0.25, 0.3) is 11.3 Å². The van der Waals surface area contributed by atoms with Crippen molar-refractivity contribution >= 4 is 23.2 Å². The van der Waals surface area contributed by atoms with Crippen LogP contribution in [0.2, 0.25) is 0 Å². The summed E-state index contributed by atoms with van der Waals surface area (Å²) in [6, 6.07) is 19.1. The minimum absolute atomic E-state index is 0.269. The fraction of sp³-hybridized carbons (Fsp3) is 0.292. The van der Waals surface area contributed by atoms with E-state index in [1.54, 1.807) is 0 Å². The van der Waals surface area contributed by atoms with Gasteiger partial charge in [-0.1, -0.05) is 37.1 Å². The number of anilines is 3. The van der Waals surface area contributed by atoms with E-state index in [2.05, 4.69) is 31.8 Å². The highest BCUT2D eigenvalue weighted by Gasteiger charge is 2.12. The Morgan fingerprint density at radius 3 is 2.23 bits per heavy atom. The molecule has 0 atom stereocenters. The second kappa shape index (κ2) is 9.39. The number of hydrogen-bond donors (Lipinski definition) is 2. The van der Waals surface area contributed by atoms with E-state index in [4.69, 9.17) is 0 Å². The molecule has 1 aromatic heterocycles. The predicted octanol–water partition coefficient (Wildman–Crippen LogP) is 5.48. The highest BCUT2D eigenvalue weighted by Crippen LogP contribution is 2.22. The molecule has 0 spiro atoms.